The zero-order valence-corrected chi connectivity index (χ0v) is 12.5. The topological polar surface area (TPSA) is 38.5 Å². The number of nitrogens with two attached hydrogens (primary N) is 1. The number of anilines is 1. The van der Waals surface area contributed by atoms with E-state index in [1.807, 2.05) is 43.4 Å². The van der Waals surface area contributed by atoms with E-state index in [0.717, 1.165) is 29.1 Å². The van der Waals surface area contributed by atoms with Crippen LogP contribution in [0, 0.1) is 0 Å². The van der Waals surface area contributed by atoms with Crippen LogP contribution in [0.3, 0.4) is 0 Å². The summed E-state index contributed by atoms with van der Waals surface area (Å²) in [6.45, 7) is 0.726. The molecule has 0 spiro atoms. The zero-order valence-electron chi connectivity index (χ0n) is 11.7. The van der Waals surface area contributed by atoms with Gasteiger partial charge in [0.1, 0.15) is 10.7 Å². The van der Waals surface area contributed by atoms with Crippen molar-refractivity contribution >= 4 is 22.9 Å². The molecule has 0 heterocycles. The molecule has 0 aromatic heterocycles. The minimum absolute atomic E-state index is 0.399. The van der Waals surface area contributed by atoms with Gasteiger partial charge in [0.15, 0.2) is 0 Å². The highest BCUT2D eigenvalue weighted by molar-refractivity contribution is 7.80. The lowest BCUT2D eigenvalue weighted by molar-refractivity contribution is 0.409. The molecule has 0 aliphatic rings. The van der Waals surface area contributed by atoms with Crippen LogP contribution in [0.1, 0.15) is 11.1 Å². The number of hydrogen-bond acceptors (Lipinski definition) is 3. The van der Waals surface area contributed by atoms with Crippen LogP contribution in [0.4, 0.5) is 5.69 Å². The lowest BCUT2D eigenvalue weighted by Gasteiger charge is -2.21. The van der Waals surface area contributed by atoms with Crippen molar-refractivity contribution in [2.75, 3.05) is 19.1 Å². The van der Waals surface area contributed by atoms with Gasteiger partial charge in [-0.05, 0) is 30.3 Å². The second-order valence-corrected chi connectivity index (χ2v) is 5.02. The van der Waals surface area contributed by atoms with E-state index in [0.29, 0.717) is 4.99 Å². The molecule has 104 valence electrons. The van der Waals surface area contributed by atoms with Crippen molar-refractivity contribution in [3.8, 4) is 5.75 Å². The Balaban J connectivity index is 2.27. The smallest absolute Gasteiger partial charge is 0.123 e. The third kappa shape index (κ3) is 3.27. The molecule has 4 heteroatoms. The maximum Gasteiger partial charge on any atom is 0.123 e. The summed E-state index contributed by atoms with van der Waals surface area (Å²) in [5, 5.41) is 0. The van der Waals surface area contributed by atoms with E-state index in [-0.39, 0.29) is 0 Å². The van der Waals surface area contributed by atoms with Crippen LogP contribution in [0.2, 0.25) is 0 Å². The van der Waals surface area contributed by atoms with E-state index in [4.69, 9.17) is 22.7 Å². The number of para-hydroxylation sites is 1. The number of benzene rings is 2. The Kier molecular flexibility index (Phi) is 4.58. The van der Waals surface area contributed by atoms with E-state index >= 15 is 0 Å². The SMILES string of the molecule is COc1ccc(C(N)=S)cc1CN(C)c1ccccc1. The highest BCUT2D eigenvalue weighted by Crippen LogP contribution is 2.23. The van der Waals surface area contributed by atoms with E-state index in [1.54, 1.807) is 7.11 Å². The molecule has 20 heavy (non-hydrogen) atoms. The Morgan fingerprint density at radius 2 is 1.90 bits per heavy atom. The third-order valence-corrected chi connectivity index (χ3v) is 3.41. The highest BCUT2D eigenvalue weighted by atomic mass is 32.1. The minimum Gasteiger partial charge on any atom is -0.496 e. The van der Waals surface area contributed by atoms with Crippen LogP contribution >= 0.6 is 12.2 Å². The van der Waals surface area contributed by atoms with Crippen LogP contribution in [0.25, 0.3) is 0 Å². The number of ether oxygens (including phenoxy) is 1. The molecule has 0 fully saturated rings. The summed E-state index contributed by atoms with van der Waals surface area (Å²) in [4.78, 5) is 2.55. The standard InChI is InChI=1S/C16H18N2OS/c1-18(14-6-4-3-5-7-14)11-13-10-12(16(17)20)8-9-15(13)19-2/h3-10H,11H2,1-2H3,(H2,17,20). The predicted molar refractivity (Wildman–Crippen MR) is 87.4 cm³/mol. The molecule has 2 aromatic rings. The van der Waals surface area contributed by atoms with E-state index in [2.05, 4.69) is 17.0 Å². The average molecular weight is 286 g/mol. The van der Waals surface area contributed by atoms with Crippen molar-refractivity contribution in [1.82, 2.24) is 0 Å². The van der Waals surface area contributed by atoms with Gasteiger partial charge in [0.05, 0.1) is 7.11 Å². The second kappa shape index (κ2) is 6.39. The molecule has 3 nitrogen and oxygen atoms in total. The number of nitrogens with zero attached hydrogens (tertiary/aromatic N) is 1. The van der Waals surface area contributed by atoms with Crippen molar-refractivity contribution in [2.24, 2.45) is 5.73 Å². The molecular weight excluding hydrogens is 268 g/mol. The Hall–Kier alpha value is -2.07. The van der Waals surface area contributed by atoms with Crippen molar-refractivity contribution < 1.29 is 4.74 Å². The van der Waals surface area contributed by atoms with Crippen LogP contribution in [-0.2, 0) is 6.54 Å². The van der Waals surface area contributed by atoms with Gasteiger partial charge in [-0.15, -0.1) is 0 Å². The first-order valence-electron chi connectivity index (χ1n) is 6.34. The van der Waals surface area contributed by atoms with Gasteiger partial charge in [0.25, 0.3) is 0 Å². The van der Waals surface area contributed by atoms with Crippen LogP contribution in [0.5, 0.6) is 5.75 Å². The lowest BCUT2D eigenvalue weighted by atomic mass is 10.1. The third-order valence-electron chi connectivity index (χ3n) is 3.17. The lowest BCUT2D eigenvalue weighted by Crippen LogP contribution is -2.18. The van der Waals surface area contributed by atoms with E-state index < -0.39 is 0 Å². The molecule has 0 saturated carbocycles. The molecule has 0 amide bonds. The normalized spacial score (nSPS) is 10.1. The summed E-state index contributed by atoms with van der Waals surface area (Å²) < 4.78 is 5.41. The molecule has 0 saturated heterocycles. The monoisotopic (exact) mass is 286 g/mol. The van der Waals surface area contributed by atoms with E-state index in [9.17, 15) is 0 Å². The molecule has 0 aliphatic heterocycles. The molecule has 0 aliphatic carbocycles. The van der Waals surface area contributed by atoms with Gasteiger partial charge in [-0.1, -0.05) is 30.4 Å². The minimum atomic E-state index is 0.399. The molecule has 0 radical (unpaired) electrons. The molecule has 2 aromatic carbocycles. The Bertz CT molecular complexity index is 599. The van der Waals surface area contributed by atoms with Gasteiger partial charge in [-0.25, -0.2) is 0 Å². The van der Waals surface area contributed by atoms with Crippen LogP contribution in [0.15, 0.2) is 48.5 Å². The molecule has 0 unspecified atom stereocenters. The number of thiocarbonyl (C=S) groups is 1. The fourth-order valence-corrected chi connectivity index (χ4v) is 2.21. The molecule has 0 bridgehead atoms. The number of rotatable bonds is 5. The van der Waals surface area contributed by atoms with E-state index in [1.165, 1.54) is 0 Å². The fraction of sp³-hybridized carbons (Fsp3) is 0.188. The maximum atomic E-state index is 5.69. The maximum absolute atomic E-state index is 5.69. The van der Waals surface area contributed by atoms with Crippen molar-refractivity contribution in [3.05, 3.63) is 59.7 Å². The summed E-state index contributed by atoms with van der Waals surface area (Å²) in [6, 6.07) is 16.0. The van der Waals surface area contributed by atoms with Gasteiger partial charge in [0, 0.05) is 30.4 Å². The van der Waals surface area contributed by atoms with Crippen molar-refractivity contribution in [3.63, 3.8) is 0 Å². The summed E-state index contributed by atoms with van der Waals surface area (Å²) in [7, 11) is 3.71. The summed E-state index contributed by atoms with van der Waals surface area (Å²) in [5.74, 6) is 0.841. The van der Waals surface area contributed by atoms with Crippen molar-refractivity contribution in [1.29, 1.82) is 0 Å². The summed E-state index contributed by atoms with van der Waals surface area (Å²) in [6.07, 6.45) is 0. The number of hydrogen-bond donors (Lipinski definition) is 1. The Labute approximate surface area is 125 Å². The van der Waals surface area contributed by atoms with Gasteiger partial charge in [-0.2, -0.15) is 0 Å². The first-order valence-corrected chi connectivity index (χ1v) is 6.75. The number of methoxy groups -OCH3 is 1. The fourth-order valence-electron chi connectivity index (χ4n) is 2.08. The molecule has 0 atom stereocenters. The second-order valence-electron chi connectivity index (χ2n) is 4.58. The van der Waals surface area contributed by atoms with Crippen molar-refractivity contribution in [2.45, 2.75) is 6.54 Å². The average Bonchev–Trinajstić information content (AvgIpc) is 2.48. The first-order chi connectivity index (χ1) is 9.61. The molecule has 2 rings (SSSR count). The Morgan fingerprint density at radius 1 is 1.20 bits per heavy atom. The van der Waals surface area contributed by atoms with Gasteiger partial charge < -0.3 is 15.4 Å². The molecule has 2 N–H and O–H groups in total. The van der Waals surface area contributed by atoms with Gasteiger partial charge >= 0.3 is 0 Å². The molecular formula is C16H18N2OS. The van der Waals surface area contributed by atoms with Gasteiger partial charge in [-0.3, -0.25) is 0 Å². The summed E-state index contributed by atoms with van der Waals surface area (Å²) in [5.41, 5.74) is 8.76. The quantitative estimate of drug-likeness (QED) is 0.858. The largest absolute Gasteiger partial charge is 0.496 e. The van der Waals surface area contributed by atoms with Crippen LogP contribution in [-0.4, -0.2) is 19.1 Å². The Morgan fingerprint density at radius 3 is 2.50 bits per heavy atom. The zero-order chi connectivity index (χ0) is 14.5. The first kappa shape index (κ1) is 14.3. The summed E-state index contributed by atoms with van der Waals surface area (Å²) >= 11 is 5.03. The highest BCUT2D eigenvalue weighted by Gasteiger charge is 2.09. The predicted octanol–water partition coefficient (Wildman–Crippen LogP) is 2.97. The van der Waals surface area contributed by atoms with Gasteiger partial charge in [0.2, 0.25) is 0 Å². The van der Waals surface area contributed by atoms with Crippen LogP contribution < -0.4 is 15.4 Å².